The van der Waals surface area contributed by atoms with Gasteiger partial charge in [-0.25, -0.2) is 4.79 Å². The van der Waals surface area contributed by atoms with Crippen molar-refractivity contribution in [2.24, 2.45) is 23.2 Å². The van der Waals surface area contributed by atoms with Gasteiger partial charge in [0.25, 0.3) is 0 Å². The predicted molar refractivity (Wildman–Crippen MR) is 119 cm³/mol. The minimum Gasteiger partial charge on any atom is -0.450 e. The number of carbonyl (C=O) groups excluding carboxylic acids is 1. The van der Waals surface area contributed by atoms with E-state index in [1.165, 1.54) is 36.0 Å². The molecule has 5 aliphatic rings. The monoisotopic (exact) mass is 428 g/mol. The largest absolute Gasteiger partial charge is 0.505 e. The van der Waals surface area contributed by atoms with Gasteiger partial charge >= 0.3 is 6.16 Å². The van der Waals surface area contributed by atoms with E-state index in [1.54, 1.807) is 0 Å². The molecule has 0 saturated heterocycles. The van der Waals surface area contributed by atoms with E-state index in [-0.39, 0.29) is 11.5 Å². The summed E-state index contributed by atoms with van der Waals surface area (Å²) in [7, 11) is 0. The summed E-state index contributed by atoms with van der Waals surface area (Å²) in [5, 5.41) is 18.5. The third kappa shape index (κ3) is 4.67. The number of hydrogen-bond donors (Lipinski definition) is 2. The molecule has 0 radical (unpaired) electrons. The highest BCUT2D eigenvalue weighted by molar-refractivity contribution is 5.93. The van der Waals surface area contributed by atoms with Gasteiger partial charge in [0.05, 0.1) is 12.7 Å². The van der Waals surface area contributed by atoms with Crippen molar-refractivity contribution < 1.29 is 24.5 Å². The number of aliphatic hydroxyl groups is 1. The molecule has 5 nitrogen and oxygen atoms in total. The smallest absolute Gasteiger partial charge is 0.450 e. The number of carboxylic acid groups (broad SMARTS) is 1. The third-order valence-corrected chi connectivity index (χ3v) is 8.36. The topological polar surface area (TPSA) is 83.8 Å². The van der Waals surface area contributed by atoms with Crippen LogP contribution in [0, 0.1) is 23.2 Å². The van der Waals surface area contributed by atoms with Crippen LogP contribution in [0.4, 0.5) is 4.79 Å². The van der Waals surface area contributed by atoms with Crippen LogP contribution in [0.25, 0.3) is 0 Å². The highest BCUT2D eigenvalue weighted by atomic mass is 16.7. The molecule has 0 bridgehead atoms. The first kappa shape index (κ1) is 22.3. The van der Waals surface area contributed by atoms with Crippen molar-refractivity contribution >= 4 is 11.9 Å². The van der Waals surface area contributed by atoms with E-state index >= 15 is 0 Å². The van der Waals surface area contributed by atoms with E-state index in [1.807, 2.05) is 6.08 Å². The van der Waals surface area contributed by atoms with Gasteiger partial charge in [-0.15, -0.1) is 0 Å². The second-order valence-corrected chi connectivity index (χ2v) is 10.2. The molecular formula is C26H36O5. The highest BCUT2D eigenvalue weighted by Gasteiger charge is 2.51. The Morgan fingerprint density at radius 1 is 1.10 bits per heavy atom. The Morgan fingerprint density at radius 3 is 2.61 bits per heavy atom. The number of aliphatic hydroxyl groups excluding tert-OH is 1. The number of allylic oxidation sites excluding steroid dienone is 5. The number of carbonyl (C=O) groups is 2. The minimum absolute atomic E-state index is 0.0274. The van der Waals surface area contributed by atoms with Crippen molar-refractivity contribution in [3.05, 3.63) is 34.9 Å². The van der Waals surface area contributed by atoms with E-state index in [2.05, 4.69) is 23.8 Å². The molecule has 0 spiro atoms. The molecule has 31 heavy (non-hydrogen) atoms. The van der Waals surface area contributed by atoms with E-state index in [0.29, 0.717) is 36.6 Å². The molecule has 0 aromatic heterocycles. The number of fused-ring (bicyclic) bond motifs is 4. The van der Waals surface area contributed by atoms with Crippen LogP contribution in [0.3, 0.4) is 0 Å². The van der Waals surface area contributed by atoms with Crippen molar-refractivity contribution in [1.82, 2.24) is 0 Å². The summed E-state index contributed by atoms with van der Waals surface area (Å²) >= 11 is 0. The number of ketones is 1. The Bertz CT molecular complexity index is 801. The highest BCUT2D eigenvalue weighted by Crippen LogP contribution is 2.57. The van der Waals surface area contributed by atoms with Gasteiger partial charge in [0, 0.05) is 11.8 Å². The molecule has 2 saturated carbocycles. The van der Waals surface area contributed by atoms with Gasteiger partial charge < -0.3 is 14.9 Å². The van der Waals surface area contributed by atoms with Crippen molar-refractivity contribution in [1.29, 1.82) is 0 Å². The molecule has 0 aromatic carbocycles. The number of hydrogen-bond acceptors (Lipinski definition) is 4. The lowest BCUT2D eigenvalue weighted by molar-refractivity contribution is -0.114. The molecule has 5 aliphatic carbocycles. The van der Waals surface area contributed by atoms with E-state index in [9.17, 15) is 14.7 Å². The molecule has 5 rings (SSSR count). The minimum atomic E-state index is -1.14. The Morgan fingerprint density at radius 2 is 1.87 bits per heavy atom. The number of ether oxygens (including phenoxy) is 1. The van der Waals surface area contributed by atoms with Gasteiger partial charge in [0.2, 0.25) is 0 Å². The van der Waals surface area contributed by atoms with Gasteiger partial charge in [0.15, 0.2) is 5.78 Å². The molecule has 0 amide bonds. The Kier molecular flexibility index (Phi) is 6.71. The molecule has 4 atom stereocenters. The lowest BCUT2D eigenvalue weighted by atomic mass is 9.60. The molecular weight excluding hydrogens is 392 g/mol. The molecule has 170 valence electrons. The first-order valence-electron chi connectivity index (χ1n) is 12.1. The van der Waals surface area contributed by atoms with Crippen molar-refractivity contribution in [3.8, 4) is 0 Å². The van der Waals surface area contributed by atoms with Crippen LogP contribution >= 0.6 is 0 Å². The van der Waals surface area contributed by atoms with Gasteiger partial charge in [-0.1, -0.05) is 38.3 Å². The van der Waals surface area contributed by atoms with Crippen LogP contribution < -0.4 is 0 Å². The average molecular weight is 429 g/mol. The van der Waals surface area contributed by atoms with Crippen molar-refractivity contribution in [2.45, 2.75) is 83.7 Å². The summed E-state index contributed by atoms with van der Waals surface area (Å²) in [6.07, 6.45) is 17.0. The maximum atomic E-state index is 11.6. The van der Waals surface area contributed by atoms with Crippen LogP contribution in [0.5, 0.6) is 0 Å². The fourth-order valence-electron chi connectivity index (χ4n) is 6.54. The zero-order chi connectivity index (χ0) is 22.0. The first-order chi connectivity index (χ1) is 14.9. The predicted octanol–water partition coefficient (Wildman–Crippen LogP) is 5.59. The molecule has 2 fully saturated rings. The summed E-state index contributed by atoms with van der Waals surface area (Å²) in [6, 6.07) is 0. The molecule has 0 heterocycles. The summed E-state index contributed by atoms with van der Waals surface area (Å²) < 4.78 is 4.50. The maximum Gasteiger partial charge on any atom is 0.505 e. The van der Waals surface area contributed by atoms with Crippen LogP contribution in [0.15, 0.2) is 34.9 Å². The maximum absolute atomic E-state index is 11.6. The zero-order valence-corrected chi connectivity index (χ0v) is 18.6. The fraction of sp³-hybridized carbons (Fsp3) is 0.692. The van der Waals surface area contributed by atoms with E-state index < -0.39 is 6.16 Å². The lowest BCUT2D eigenvalue weighted by Crippen LogP contribution is -2.39. The average Bonchev–Trinajstić information content (AvgIpc) is 3.08. The lowest BCUT2D eigenvalue weighted by Gasteiger charge is -2.44. The van der Waals surface area contributed by atoms with Crippen LogP contribution in [0.1, 0.15) is 77.6 Å². The SMILES string of the molecule is C[C@]12C=CC3=C4CCC(=O)C=C4CC[C@H]3[C@@H]1CC[C@@H]2O.O=C(O)OCC1CCCCC1. The second-order valence-electron chi connectivity index (χ2n) is 10.2. The third-order valence-electron chi connectivity index (χ3n) is 8.36. The summed E-state index contributed by atoms with van der Waals surface area (Å²) in [6.45, 7) is 2.62. The van der Waals surface area contributed by atoms with Crippen LogP contribution in [0.2, 0.25) is 0 Å². The van der Waals surface area contributed by atoms with Crippen molar-refractivity contribution in [3.63, 3.8) is 0 Å². The first-order valence-corrected chi connectivity index (χ1v) is 12.1. The summed E-state index contributed by atoms with van der Waals surface area (Å²) in [5.74, 6) is 1.97. The van der Waals surface area contributed by atoms with Gasteiger partial charge in [-0.05, 0) is 85.5 Å². The fourth-order valence-corrected chi connectivity index (χ4v) is 6.54. The second kappa shape index (κ2) is 9.32. The van der Waals surface area contributed by atoms with Gasteiger partial charge in [0.1, 0.15) is 0 Å². The molecule has 0 aromatic rings. The molecule has 5 heteroatoms. The standard InChI is InChI=1S/C18H22O2.C8H14O3/c1-18-9-8-14-13-5-3-12(19)10-11(13)2-4-15(14)16(18)6-7-17(18)20;9-8(10)11-6-7-4-2-1-3-5-7/h8-10,15-17,20H,2-7H2,1H3;7H,1-6H2,(H,9,10)/t15-,16+,17+,18+;/m1./s1. The Labute approximate surface area is 185 Å². The number of rotatable bonds is 2. The quantitative estimate of drug-likeness (QED) is 0.560. The summed E-state index contributed by atoms with van der Waals surface area (Å²) in [5.41, 5.74) is 4.19. The molecule has 0 aliphatic heterocycles. The van der Waals surface area contributed by atoms with E-state index in [4.69, 9.17) is 5.11 Å². The summed E-state index contributed by atoms with van der Waals surface area (Å²) in [4.78, 5) is 21.6. The van der Waals surface area contributed by atoms with Gasteiger partial charge in [-0.2, -0.15) is 0 Å². The zero-order valence-electron chi connectivity index (χ0n) is 18.6. The Hall–Kier alpha value is -1.88. The Balaban J connectivity index is 0.000000180. The van der Waals surface area contributed by atoms with E-state index in [0.717, 1.165) is 44.9 Å². The van der Waals surface area contributed by atoms with Crippen molar-refractivity contribution in [2.75, 3.05) is 6.61 Å². The van der Waals surface area contributed by atoms with Crippen LogP contribution in [-0.2, 0) is 9.53 Å². The van der Waals surface area contributed by atoms with Crippen LogP contribution in [-0.4, -0.2) is 34.9 Å². The molecule has 0 unspecified atom stereocenters. The normalized spacial score (nSPS) is 34.7. The molecule has 2 N–H and O–H groups in total. The van der Waals surface area contributed by atoms with Gasteiger partial charge in [-0.3, -0.25) is 4.79 Å².